The van der Waals surface area contributed by atoms with E-state index in [0.29, 0.717) is 11.6 Å². The van der Waals surface area contributed by atoms with E-state index in [0.717, 1.165) is 23.1 Å². The Morgan fingerprint density at radius 2 is 2.12 bits per heavy atom. The molecule has 1 N–H and O–H groups in total. The van der Waals surface area contributed by atoms with Crippen LogP contribution in [0.15, 0.2) is 23.0 Å². The van der Waals surface area contributed by atoms with Crippen LogP contribution in [-0.2, 0) is 6.42 Å². The zero-order valence-corrected chi connectivity index (χ0v) is 9.87. The van der Waals surface area contributed by atoms with Gasteiger partial charge in [0.15, 0.2) is 0 Å². The number of aromatic nitrogens is 2. The third-order valence-corrected chi connectivity index (χ3v) is 2.58. The summed E-state index contributed by atoms with van der Waals surface area (Å²) >= 11 is 0. The monoisotopic (exact) mass is 216 g/mol. The Morgan fingerprint density at radius 1 is 1.38 bits per heavy atom. The van der Waals surface area contributed by atoms with Gasteiger partial charge in [0.1, 0.15) is 5.65 Å². The van der Waals surface area contributed by atoms with Crippen molar-refractivity contribution in [1.29, 1.82) is 0 Å². The molecular formula is C13H16N2O. The molecule has 3 heteroatoms. The minimum atomic E-state index is -0.0841. The van der Waals surface area contributed by atoms with Crippen molar-refractivity contribution in [3.05, 3.63) is 39.8 Å². The Morgan fingerprint density at radius 3 is 2.81 bits per heavy atom. The van der Waals surface area contributed by atoms with E-state index in [1.807, 2.05) is 19.1 Å². The van der Waals surface area contributed by atoms with Crippen molar-refractivity contribution in [1.82, 2.24) is 9.97 Å². The average molecular weight is 216 g/mol. The first-order chi connectivity index (χ1) is 7.56. The fourth-order valence-corrected chi connectivity index (χ4v) is 1.87. The number of nitrogens with zero attached hydrogens (tertiary/aromatic N) is 1. The van der Waals surface area contributed by atoms with E-state index in [1.165, 1.54) is 0 Å². The summed E-state index contributed by atoms with van der Waals surface area (Å²) in [6.45, 7) is 6.25. The van der Waals surface area contributed by atoms with Crippen LogP contribution in [0.25, 0.3) is 11.0 Å². The number of nitrogens with one attached hydrogen (secondary N) is 1. The highest BCUT2D eigenvalue weighted by atomic mass is 16.1. The van der Waals surface area contributed by atoms with Crippen LogP contribution in [0.3, 0.4) is 0 Å². The SMILES string of the molecule is Cc1cc(=O)[nH]c2nc(CC(C)C)ccc12. The van der Waals surface area contributed by atoms with Crippen molar-refractivity contribution in [2.45, 2.75) is 27.2 Å². The molecule has 0 saturated heterocycles. The van der Waals surface area contributed by atoms with Crippen molar-refractivity contribution in [3.8, 4) is 0 Å². The van der Waals surface area contributed by atoms with Crippen LogP contribution in [0.5, 0.6) is 0 Å². The van der Waals surface area contributed by atoms with Gasteiger partial charge in [0.25, 0.3) is 0 Å². The molecule has 0 fully saturated rings. The van der Waals surface area contributed by atoms with Crippen molar-refractivity contribution in [2.24, 2.45) is 5.92 Å². The summed E-state index contributed by atoms with van der Waals surface area (Å²) in [6.07, 6.45) is 0.936. The van der Waals surface area contributed by atoms with Crippen LogP contribution < -0.4 is 5.56 Å². The average Bonchev–Trinajstić information content (AvgIpc) is 2.15. The Kier molecular flexibility index (Phi) is 2.77. The van der Waals surface area contributed by atoms with Crippen molar-refractivity contribution < 1.29 is 0 Å². The lowest BCUT2D eigenvalue weighted by molar-refractivity contribution is 0.636. The van der Waals surface area contributed by atoms with Crippen LogP contribution in [0.2, 0.25) is 0 Å². The van der Waals surface area contributed by atoms with E-state index >= 15 is 0 Å². The zero-order valence-electron chi connectivity index (χ0n) is 9.87. The molecule has 0 aromatic carbocycles. The molecule has 2 heterocycles. The van der Waals surface area contributed by atoms with Gasteiger partial charge in [-0.25, -0.2) is 4.98 Å². The standard InChI is InChI=1S/C13H16N2O/c1-8(2)6-10-4-5-11-9(3)7-12(16)15-13(11)14-10/h4-5,7-8H,6H2,1-3H3,(H,14,15,16). The molecule has 3 nitrogen and oxygen atoms in total. The fraction of sp³-hybridized carbons (Fsp3) is 0.385. The highest BCUT2D eigenvalue weighted by Gasteiger charge is 2.04. The van der Waals surface area contributed by atoms with E-state index in [1.54, 1.807) is 6.07 Å². The first-order valence-electron chi connectivity index (χ1n) is 5.56. The molecule has 0 bridgehead atoms. The Bertz CT molecular complexity index is 570. The van der Waals surface area contributed by atoms with E-state index in [4.69, 9.17) is 0 Å². The Balaban J connectivity index is 2.57. The van der Waals surface area contributed by atoms with Gasteiger partial charge < -0.3 is 4.98 Å². The van der Waals surface area contributed by atoms with Crippen LogP contribution >= 0.6 is 0 Å². The molecule has 84 valence electrons. The van der Waals surface area contributed by atoms with Crippen LogP contribution in [0, 0.1) is 12.8 Å². The number of hydrogen-bond acceptors (Lipinski definition) is 2. The number of H-pyrrole nitrogens is 1. The second-order valence-corrected chi connectivity index (χ2v) is 4.61. The number of fused-ring (bicyclic) bond motifs is 1. The maximum absolute atomic E-state index is 11.3. The molecule has 0 aliphatic heterocycles. The van der Waals surface area contributed by atoms with Crippen molar-refractivity contribution in [2.75, 3.05) is 0 Å². The summed E-state index contributed by atoms with van der Waals surface area (Å²) in [5.41, 5.74) is 2.62. The highest BCUT2D eigenvalue weighted by Crippen LogP contribution is 2.14. The minimum absolute atomic E-state index is 0.0841. The van der Waals surface area contributed by atoms with Gasteiger partial charge in [-0.15, -0.1) is 0 Å². The minimum Gasteiger partial charge on any atom is -0.307 e. The summed E-state index contributed by atoms with van der Waals surface area (Å²) in [7, 11) is 0. The molecule has 0 aliphatic rings. The summed E-state index contributed by atoms with van der Waals surface area (Å²) in [6, 6.07) is 5.67. The van der Waals surface area contributed by atoms with Gasteiger partial charge in [-0.1, -0.05) is 13.8 Å². The van der Waals surface area contributed by atoms with Gasteiger partial charge >= 0.3 is 0 Å². The quantitative estimate of drug-likeness (QED) is 0.838. The fourth-order valence-electron chi connectivity index (χ4n) is 1.87. The van der Waals surface area contributed by atoms with Crippen molar-refractivity contribution in [3.63, 3.8) is 0 Å². The Labute approximate surface area is 94.5 Å². The van der Waals surface area contributed by atoms with E-state index in [2.05, 4.69) is 23.8 Å². The molecule has 0 aliphatic carbocycles. The van der Waals surface area contributed by atoms with E-state index in [-0.39, 0.29) is 5.56 Å². The van der Waals surface area contributed by atoms with Crippen molar-refractivity contribution >= 4 is 11.0 Å². The van der Waals surface area contributed by atoms with Crippen LogP contribution in [0.4, 0.5) is 0 Å². The smallest absolute Gasteiger partial charge is 0.249 e. The third kappa shape index (κ3) is 2.13. The largest absolute Gasteiger partial charge is 0.307 e. The summed E-state index contributed by atoms with van der Waals surface area (Å²) in [5.74, 6) is 0.571. The second-order valence-electron chi connectivity index (χ2n) is 4.61. The van der Waals surface area contributed by atoms with Crippen LogP contribution in [0.1, 0.15) is 25.1 Å². The molecule has 0 amide bonds. The summed E-state index contributed by atoms with van der Waals surface area (Å²) in [4.78, 5) is 18.6. The topological polar surface area (TPSA) is 45.8 Å². The molecule has 0 atom stereocenters. The second kappa shape index (κ2) is 4.08. The number of hydrogen-bond donors (Lipinski definition) is 1. The molecule has 2 aromatic rings. The number of pyridine rings is 2. The molecule has 16 heavy (non-hydrogen) atoms. The lowest BCUT2D eigenvalue weighted by Gasteiger charge is -2.06. The number of rotatable bonds is 2. The van der Waals surface area contributed by atoms with Gasteiger partial charge in [-0.05, 0) is 37.0 Å². The third-order valence-electron chi connectivity index (χ3n) is 2.58. The van der Waals surface area contributed by atoms with E-state index in [9.17, 15) is 4.79 Å². The highest BCUT2D eigenvalue weighted by molar-refractivity contribution is 5.78. The number of aromatic amines is 1. The molecular weight excluding hydrogens is 200 g/mol. The van der Waals surface area contributed by atoms with E-state index < -0.39 is 0 Å². The molecule has 0 radical (unpaired) electrons. The van der Waals surface area contributed by atoms with Gasteiger partial charge in [0.2, 0.25) is 5.56 Å². The first kappa shape index (κ1) is 10.9. The number of aryl methyl sites for hydroxylation is 1. The normalized spacial score (nSPS) is 11.2. The lowest BCUT2D eigenvalue weighted by Crippen LogP contribution is -2.07. The van der Waals surface area contributed by atoms with Gasteiger partial charge in [-0.3, -0.25) is 4.79 Å². The maximum Gasteiger partial charge on any atom is 0.249 e. The molecule has 2 aromatic heterocycles. The summed E-state index contributed by atoms with van der Waals surface area (Å²) in [5, 5.41) is 1.02. The first-order valence-corrected chi connectivity index (χ1v) is 5.56. The lowest BCUT2D eigenvalue weighted by atomic mass is 10.1. The summed E-state index contributed by atoms with van der Waals surface area (Å²) < 4.78 is 0. The zero-order chi connectivity index (χ0) is 11.7. The van der Waals surface area contributed by atoms with Gasteiger partial charge in [-0.2, -0.15) is 0 Å². The Hall–Kier alpha value is -1.64. The maximum atomic E-state index is 11.3. The van der Waals surface area contributed by atoms with Gasteiger partial charge in [0.05, 0.1) is 0 Å². The predicted molar refractivity (Wildman–Crippen MR) is 65.6 cm³/mol. The molecule has 0 saturated carbocycles. The van der Waals surface area contributed by atoms with Crippen LogP contribution in [-0.4, -0.2) is 9.97 Å². The predicted octanol–water partition coefficient (Wildman–Crippen LogP) is 2.43. The molecule has 0 spiro atoms. The molecule has 0 unspecified atom stereocenters. The van der Waals surface area contributed by atoms with Gasteiger partial charge in [0, 0.05) is 17.1 Å². The molecule has 2 rings (SSSR count).